The first kappa shape index (κ1) is 13.6. The summed E-state index contributed by atoms with van der Waals surface area (Å²) in [5.74, 6) is 0. The second-order valence-electron chi connectivity index (χ2n) is 3.43. The topological polar surface area (TPSA) is 26.0 Å². The predicted molar refractivity (Wildman–Crippen MR) is 58.7 cm³/mol. The monoisotopic (exact) mass is 271 g/mol. The molecule has 0 aromatic heterocycles. The van der Waals surface area contributed by atoms with Crippen LogP contribution in [0, 0.1) is 0 Å². The zero-order valence-electron chi connectivity index (χ0n) is 8.19. The van der Waals surface area contributed by atoms with Crippen molar-refractivity contribution < 1.29 is 13.2 Å². The van der Waals surface area contributed by atoms with Crippen LogP contribution in [0.3, 0.4) is 0 Å². The first-order chi connectivity index (χ1) is 7.29. The molecular weight excluding hydrogens is 262 g/mol. The van der Waals surface area contributed by atoms with E-state index in [2.05, 4.69) is 0 Å². The molecule has 0 unspecified atom stereocenters. The summed E-state index contributed by atoms with van der Waals surface area (Å²) in [6.45, 7) is 0. The van der Waals surface area contributed by atoms with Gasteiger partial charge in [0.05, 0.1) is 10.0 Å². The minimum absolute atomic E-state index is 0.165. The van der Waals surface area contributed by atoms with Gasteiger partial charge in [-0.05, 0) is 24.1 Å². The molecule has 1 atom stereocenters. The summed E-state index contributed by atoms with van der Waals surface area (Å²) in [7, 11) is 0. The average molecular weight is 272 g/mol. The van der Waals surface area contributed by atoms with Crippen molar-refractivity contribution >= 4 is 23.2 Å². The third-order valence-electron chi connectivity index (χ3n) is 2.11. The fourth-order valence-corrected chi connectivity index (χ4v) is 1.54. The molecular formula is C10H10Cl2F3N. The first-order valence-electron chi connectivity index (χ1n) is 4.57. The van der Waals surface area contributed by atoms with Gasteiger partial charge in [0.15, 0.2) is 0 Å². The van der Waals surface area contributed by atoms with Crippen molar-refractivity contribution in [3.63, 3.8) is 0 Å². The molecule has 0 saturated carbocycles. The molecule has 0 aliphatic heterocycles. The lowest BCUT2D eigenvalue weighted by atomic mass is 10.0. The van der Waals surface area contributed by atoms with Gasteiger partial charge in [0, 0.05) is 12.5 Å². The van der Waals surface area contributed by atoms with E-state index in [1.165, 1.54) is 12.1 Å². The summed E-state index contributed by atoms with van der Waals surface area (Å²) < 4.78 is 35.9. The van der Waals surface area contributed by atoms with Gasteiger partial charge in [-0.1, -0.05) is 29.3 Å². The molecule has 1 aromatic carbocycles. The van der Waals surface area contributed by atoms with E-state index >= 15 is 0 Å². The molecule has 0 heterocycles. The summed E-state index contributed by atoms with van der Waals surface area (Å²) in [6, 6.07) is 3.91. The summed E-state index contributed by atoms with van der Waals surface area (Å²) in [6.07, 6.45) is -5.26. The Hall–Kier alpha value is -0.450. The standard InChI is InChI=1S/C10H10Cl2F3N/c11-7-2-1-6(5-8(7)12)9(16)3-4-10(13,14)15/h1-2,5,9H,3-4,16H2/t9-/m1/s1. The molecule has 0 aliphatic rings. The molecule has 0 saturated heterocycles. The maximum absolute atomic E-state index is 12.0. The Labute approximate surface area is 101 Å². The van der Waals surface area contributed by atoms with Crippen molar-refractivity contribution in [3.8, 4) is 0 Å². The molecule has 6 heteroatoms. The lowest BCUT2D eigenvalue weighted by molar-refractivity contribution is -0.136. The van der Waals surface area contributed by atoms with Crippen molar-refractivity contribution in [2.75, 3.05) is 0 Å². The van der Waals surface area contributed by atoms with Crippen molar-refractivity contribution in [1.82, 2.24) is 0 Å². The molecule has 0 fully saturated rings. The normalized spacial score (nSPS) is 13.9. The van der Waals surface area contributed by atoms with Crippen LogP contribution in [0.5, 0.6) is 0 Å². The number of halogens is 5. The minimum Gasteiger partial charge on any atom is -0.324 e. The molecule has 0 aliphatic carbocycles. The van der Waals surface area contributed by atoms with Crippen molar-refractivity contribution in [1.29, 1.82) is 0 Å². The van der Waals surface area contributed by atoms with E-state index in [1.807, 2.05) is 0 Å². The maximum Gasteiger partial charge on any atom is 0.389 e. The maximum atomic E-state index is 12.0. The smallest absolute Gasteiger partial charge is 0.324 e. The second kappa shape index (κ2) is 5.25. The number of hydrogen-bond donors (Lipinski definition) is 1. The van der Waals surface area contributed by atoms with Crippen LogP contribution in [-0.2, 0) is 0 Å². The van der Waals surface area contributed by atoms with Crippen LogP contribution in [0.4, 0.5) is 13.2 Å². The van der Waals surface area contributed by atoms with E-state index in [9.17, 15) is 13.2 Å². The second-order valence-corrected chi connectivity index (χ2v) is 4.25. The van der Waals surface area contributed by atoms with E-state index in [0.717, 1.165) is 0 Å². The van der Waals surface area contributed by atoms with Gasteiger partial charge in [0.2, 0.25) is 0 Å². The van der Waals surface area contributed by atoms with Gasteiger partial charge < -0.3 is 5.73 Å². The summed E-state index contributed by atoms with van der Waals surface area (Å²) in [4.78, 5) is 0. The van der Waals surface area contributed by atoms with E-state index < -0.39 is 18.6 Å². The summed E-state index contributed by atoms with van der Waals surface area (Å²) in [5.41, 5.74) is 6.17. The van der Waals surface area contributed by atoms with Crippen LogP contribution in [0.25, 0.3) is 0 Å². The van der Waals surface area contributed by atoms with E-state index in [1.54, 1.807) is 6.07 Å². The summed E-state index contributed by atoms with van der Waals surface area (Å²) >= 11 is 11.4. The lowest BCUT2D eigenvalue weighted by Gasteiger charge is -2.14. The number of hydrogen-bond acceptors (Lipinski definition) is 1. The van der Waals surface area contributed by atoms with Crippen molar-refractivity contribution in [2.45, 2.75) is 25.1 Å². The highest BCUT2D eigenvalue weighted by Gasteiger charge is 2.27. The predicted octanol–water partition coefficient (Wildman–Crippen LogP) is 4.34. The molecule has 90 valence electrons. The van der Waals surface area contributed by atoms with Crippen LogP contribution >= 0.6 is 23.2 Å². The van der Waals surface area contributed by atoms with Crippen LogP contribution < -0.4 is 5.73 Å². The average Bonchev–Trinajstić information content (AvgIpc) is 2.17. The Bertz CT molecular complexity index is 366. The third kappa shape index (κ3) is 4.20. The number of alkyl halides is 3. The van der Waals surface area contributed by atoms with Crippen molar-refractivity contribution in [3.05, 3.63) is 33.8 Å². The van der Waals surface area contributed by atoms with Crippen molar-refractivity contribution in [2.24, 2.45) is 5.73 Å². The molecule has 1 nitrogen and oxygen atoms in total. The fraction of sp³-hybridized carbons (Fsp3) is 0.400. The fourth-order valence-electron chi connectivity index (χ4n) is 1.23. The SMILES string of the molecule is N[C@H](CCC(F)(F)F)c1ccc(Cl)c(Cl)c1. The zero-order valence-corrected chi connectivity index (χ0v) is 9.70. The lowest BCUT2D eigenvalue weighted by Crippen LogP contribution is -2.15. The van der Waals surface area contributed by atoms with Crippen LogP contribution in [0.2, 0.25) is 10.0 Å². The number of rotatable bonds is 3. The largest absolute Gasteiger partial charge is 0.389 e. The van der Waals surface area contributed by atoms with Gasteiger partial charge in [-0.15, -0.1) is 0 Å². The van der Waals surface area contributed by atoms with Gasteiger partial charge in [-0.25, -0.2) is 0 Å². The third-order valence-corrected chi connectivity index (χ3v) is 2.85. The highest BCUT2D eigenvalue weighted by molar-refractivity contribution is 6.42. The first-order valence-corrected chi connectivity index (χ1v) is 5.32. The van der Waals surface area contributed by atoms with E-state index in [4.69, 9.17) is 28.9 Å². The molecule has 1 aromatic rings. The summed E-state index contributed by atoms with van der Waals surface area (Å²) in [5, 5.41) is 0.648. The van der Waals surface area contributed by atoms with Gasteiger partial charge in [0.1, 0.15) is 0 Å². The van der Waals surface area contributed by atoms with Gasteiger partial charge in [0.25, 0.3) is 0 Å². The van der Waals surface area contributed by atoms with Gasteiger partial charge in [-0.3, -0.25) is 0 Å². The molecule has 1 rings (SSSR count). The highest BCUT2D eigenvalue weighted by Crippen LogP contribution is 2.29. The van der Waals surface area contributed by atoms with Gasteiger partial charge in [-0.2, -0.15) is 13.2 Å². The molecule has 0 spiro atoms. The molecule has 0 amide bonds. The van der Waals surface area contributed by atoms with Crippen LogP contribution in [0.15, 0.2) is 18.2 Å². The zero-order chi connectivity index (χ0) is 12.3. The molecule has 0 radical (unpaired) electrons. The number of nitrogens with two attached hydrogens (primary N) is 1. The Morgan fingerprint density at radius 1 is 1.19 bits per heavy atom. The quantitative estimate of drug-likeness (QED) is 0.870. The Kier molecular flexibility index (Phi) is 4.47. The van der Waals surface area contributed by atoms with Crippen LogP contribution in [-0.4, -0.2) is 6.18 Å². The number of benzene rings is 1. The molecule has 0 bridgehead atoms. The Morgan fingerprint density at radius 3 is 2.31 bits per heavy atom. The Morgan fingerprint density at radius 2 is 1.81 bits per heavy atom. The molecule has 16 heavy (non-hydrogen) atoms. The highest BCUT2D eigenvalue weighted by atomic mass is 35.5. The molecule has 2 N–H and O–H groups in total. The Balaban J connectivity index is 2.66. The van der Waals surface area contributed by atoms with Crippen LogP contribution in [0.1, 0.15) is 24.4 Å². The van der Waals surface area contributed by atoms with E-state index in [0.29, 0.717) is 15.6 Å². The minimum atomic E-state index is -4.19. The van der Waals surface area contributed by atoms with E-state index in [-0.39, 0.29) is 6.42 Å². The van der Waals surface area contributed by atoms with Gasteiger partial charge >= 0.3 is 6.18 Å².